The van der Waals surface area contributed by atoms with Gasteiger partial charge in [-0.05, 0) is 35.4 Å². The average Bonchev–Trinajstić information content (AvgIpc) is 2.56. The number of carbonyl (C=O) groups is 1. The number of urea groups is 1. The molecular weight excluding hydrogens is 370 g/mol. The maximum Gasteiger partial charge on any atom is 0.317 e. The van der Waals surface area contributed by atoms with Gasteiger partial charge < -0.3 is 15.1 Å². The summed E-state index contributed by atoms with van der Waals surface area (Å²) in [5, 5.41) is 3.86. The van der Waals surface area contributed by atoms with Gasteiger partial charge >= 0.3 is 6.03 Å². The van der Waals surface area contributed by atoms with Gasteiger partial charge in [-0.1, -0.05) is 41.4 Å². The first-order valence-electron chi connectivity index (χ1n) is 7.08. The Morgan fingerprint density at radius 1 is 1.21 bits per heavy atom. The highest BCUT2D eigenvalue weighted by Crippen LogP contribution is 2.34. The lowest BCUT2D eigenvalue weighted by atomic mass is 9.97. The van der Waals surface area contributed by atoms with Crippen LogP contribution < -0.4 is 10.6 Å². The molecule has 0 aliphatic heterocycles. The van der Waals surface area contributed by atoms with E-state index in [0.717, 1.165) is 5.56 Å². The molecule has 0 radical (unpaired) electrons. The molecule has 0 spiro atoms. The van der Waals surface area contributed by atoms with Crippen molar-refractivity contribution in [3.8, 4) is 0 Å². The molecule has 24 heavy (non-hydrogen) atoms. The van der Waals surface area contributed by atoms with Gasteiger partial charge in [-0.2, -0.15) is 0 Å². The van der Waals surface area contributed by atoms with Crippen molar-refractivity contribution in [1.29, 1.82) is 0 Å². The standard InChI is InChI=1S/C16H17Cl2N2O3P/c1-19-16(21)20(2)15(13-8-5-11(17)9-14(13)18)10-3-6-12(7-4-10)24(22)23/h3-9,15,24H,1-2H3,(H,19,21)(H,22,23). The molecule has 0 bridgehead atoms. The van der Waals surface area contributed by atoms with Crippen LogP contribution in [0.5, 0.6) is 0 Å². The van der Waals surface area contributed by atoms with E-state index in [9.17, 15) is 14.3 Å². The second kappa shape index (κ2) is 8.04. The minimum atomic E-state index is -2.76. The molecule has 2 aromatic carbocycles. The van der Waals surface area contributed by atoms with Crippen LogP contribution >= 0.6 is 31.2 Å². The van der Waals surface area contributed by atoms with E-state index >= 15 is 0 Å². The summed E-state index contributed by atoms with van der Waals surface area (Å²) in [7, 11) is 0.433. The molecular formula is C16H17Cl2N2O3P. The first-order chi connectivity index (χ1) is 11.3. The van der Waals surface area contributed by atoms with Crippen molar-refractivity contribution in [2.45, 2.75) is 6.04 Å². The third-order valence-electron chi connectivity index (χ3n) is 3.65. The Morgan fingerprint density at radius 2 is 1.83 bits per heavy atom. The van der Waals surface area contributed by atoms with Crippen molar-refractivity contribution in [2.24, 2.45) is 0 Å². The van der Waals surface area contributed by atoms with Gasteiger partial charge in [0.05, 0.1) is 6.04 Å². The van der Waals surface area contributed by atoms with Crippen molar-refractivity contribution in [2.75, 3.05) is 14.1 Å². The molecule has 8 heteroatoms. The van der Waals surface area contributed by atoms with Crippen LogP contribution in [0, 0.1) is 0 Å². The summed E-state index contributed by atoms with van der Waals surface area (Å²) in [4.78, 5) is 22.8. The fourth-order valence-electron chi connectivity index (χ4n) is 2.44. The molecule has 2 N–H and O–H groups in total. The largest absolute Gasteiger partial charge is 0.343 e. The fraction of sp³-hybridized carbons (Fsp3) is 0.188. The monoisotopic (exact) mass is 386 g/mol. The van der Waals surface area contributed by atoms with Crippen molar-refractivity contribution < 1.29 is 14.3 Å². The number of rotatable bonds is 4. The highest BCUT2D eigenvalue weighted by Gasteiger charge is 2.25. The minimum Gasteiger partial charge on any atom is -0.343 e. The number of halogens is 2. The van der Waals surface area contributed by atoms with Gasteiger partial charge in [0.15, 0.2) is 0 Å². The van der Waals surface area contributed by atoms with Crippen molar-refractivity contribution in [1.82, 2.24) is 10.2 Å². The van der Waals surface area contributed by atoms with Gasteiger partial charge in [-0.15, -0.1) is 0 Å². The molecule has 2 aromatic rings. The Labute approximate surface area is 151 Å². The summed E-state index contributed by atoms with van der Waals surface area (Å²) in [6.07, 6.45) is 0. The number of nitrogens with one attached hydrogen (secondary N) is 1. The Morgan fingerprint density at radius 3 is 2.33 bits per heavy atom. The van der Waals surface area contributed by atoms with Crippen LogP contribution in [0.3, 0.4) is 0 Å². The van der Waals surface area contributed by atoms with E-state index in [4.69, 9.17) is 23.2 Å². The van der Waals surface area contributed by atoms with Crippen LogP contribution in [0.15, 0.2) is 42.5 Å². The summed E-state index contributed by atoms with van der Waals surface area (Å²) in [6, 6.07) is 10.9. The SMILES string of the molecule is CNC(=O)N(C)C(c1ccc([PH](=O)O)cc1)c1ccc(Cl)cc1Cl. The molecule has 2 unspecified atom stereocenters. The summed E-state index contributed by atoms with van der Waals surface area (Å²) in [5.74, 6) is 0. The van der Waals surface area contributed by atoms with Gasteiger partial charge in [-0.25, -0.2) is 4.79 Å². The first-order valence-corrected chi connectivity index (χ1v) is 9.19. The Bertz CT molecular complexity index is 768. The molecule has 0 fully saturated rings. The topological polar surface area (TPSA) is 69.6 Å². The zero-order valence-corrected chi connectivity index (χ0v) is 15.6. The van der Waals surface area contributed by atoms with E-state index in [-0.39, 0.29) is 6.03 Å². The van der Waals surface area contributed by atoms with Crippen LogP contribution in [0.1, 0.15) is 17.2 Å². The second-order valence-electron chi connectivity index (χ2n) is 5.16. The number of carbonyl (C=O) groups excluding carboxylic acids is 1. The number of benzene rings is 2. The van der Waals surface area contributed by atoms with Crippen LogP contribution in [0.4, 0.5) is 4.79 Å². The number of nitrogens with zero attached hydrogens (tertiary/aromatic N) is 1. The number of amides is 2. The zero-order chi connectivity index (χ0) is 17.9. The Balaban J connectivity index is 2.54. The van der Waals surface area contributed by atoms with E-state index in [2.05, 4.69) is 5.32 Å². The Hall–Kier alpha value is -1.52. The normalized spacial score (nSPS) is 13.2. The molecule has 0 aliphatic carbocycles. The predicted molar refractivity (Wildman–Crippen MR) is 97.8 cm³/mol. The summed E-state index contributed by atoms with van der Waals surface area (Å²) >= 11 is 12.3. The quantitative estimate of drug-likeness (QED) is 0.790. The van der Waals surface area contributed by atoms with Crippen LogP contribution in [0.25, 0.3) is 0 Å². The third kappa shape index (κ3) is 4.11. The average molecular weight is 387 g/mol. The zero-order valence-electron chi connectivity index (χ0n) is 13.1. The molecule has 128 valence electrons. The lowest BCUT2D eigenvalue weighted by Crippen LogP contribution is -2.38. The summed E-state index contributed by atoms with van der Waals surface area (Å²) in [6.45, 7) is 0. The second-order valence-corrected chi connectivity index (χ2v) is 7.19. The molecule has 0 heterocycles. The van der Waals surface area contributed by atoms with Gasteiger partial charge in [0.1, 0.15) is 0 Å². The molecule has 5 nitrogen and oxygen atoms in total. The maximum absolute atomic E-state index is 12.1. The summed E-state index contributed by atoms with van der Waals surface area (Å²) in [5.41, 5.74) is 1.47. The third-order valence-corrected chi connectivity index (χ3v) is 5.04. The fourth-order valence-corrected chi connectivity index (χ4v) is 3.40. The lowest BCUT2D eigenvalue weighted by Gasteiger charge is -2.29. The van der Waals surface area contributed by atoms with Crippen LogP contribution in [-0.2, 0) is 4.57 Å². The van der Waals surface area contributed by atoms with E-state index in [1.807, 2.05) is 0 Å². The van der Waals surface area contributed by atoms with E-state index in [0.29, 0.717) is 20.9 Å². The minimum absolute atomic E-state index is 0.286. The molecule has 2 rings (SSSR count). The lowest BCUT2D eigenvalue weighted by molar-refractivity contribution is 0.200. The molecule has 2 amide bonds. The van der Waals surface area contributed by atoms with E-state index < -0.39 is 14.1 Å². The molecule has 0 saturated heterocycles. The van der Waals surface area contributed by atoms with Crippen LogP contribution in [-0.4, -0.2) is 29.9 Å². The molecule has 0 saturated carbocycles. The summed E-state index contributed by atoms with van der Waals surface area (Å²) < 4.78 is 11.2. The van der Waals surface area contributed by atoms with Gasteiger partial charge in [0.25, 0.3) is 0 Å². The highest BCUT2D eigenvalue weighted by molar-refractivity contribution is 7.47. The highest BCUT2D eigenvalue weighted by atomic mass is 35.5. The van der Waals surface area contributed by atoms with Gasteiger partial charge in [-0.3, -0.25) is 4.57 Å². The smallest absolute Gasteiger partial charge is 0.317 e. The number of hydrogen-bond donors (Lipinski definition) is 2. The molecule has 0 aliphatic rings. The maximum atomic E-state index is 12.1. The van der Waals surface area contributed by atoms with Crippen molar-refractivity contribution in [3.63, 3.8) is 0 Å². The first kappa shape index (κ1) is 18.8. The van der Waals surface area contributed by atoms with Crippen molar-refractivity contribution in [3.05, 3.63) is 63.6 Å². The predicted octanol–water partition coefficient (Wildman–Crippen LogP) is 3.45. The van der Waals surface area contributed by atoms with Gasteiger partial charge in [0, 0.05) is 29.4 Å². The van der Waals surface area contributed by atoms with E-state index in [1.54, 1.807) is 56.6 Å². The van der Waals surface area contributed by atoms with Gasteiger partial charge in [0.2, 0.25) is 8.03 Å². The Kier molecular flexibility index (Phi) is 6.30. The molecule has 2 atom stereocenters. The molecule has 0 aromatic heterocycles. The number of hydrogen-bond acceptors (Lipinski definition) is 2. The van der Waals surface area contributed by atoms with Crippen molar-refractivity contribution >= 4 is 42.6 Å². The van der Waals surface area contributed by atoms with Crippen LogP contribution in [0.2, 0.25) is 10.0 Å². The van der Waals surface area contributed by atoms with E-state index in [1.165, 1.54) is 4.90 Å².